The van der Waals surface area contributed by atoms with E-state index in [0.29, 0.717) is 19.6 Å². The van der Waals surface area contributed by atoms with E-state index >= 15 is 0 Å². The van der Waals surface area contributed by atoms with Crippen LogP contribution >= 0.6 is 0 Å². The Morgan fingerprint density at radius 1 is 0.537 bits per heavy atom. The van der Waals surface area contributed by atoms with Crippen LogP contribution in [0, 0.1) is 5.92 Å². The fraction of sp³-hybridized carbons (Fsp3) is 0.792. The number of allylic oxidation sites excluding steroid dienone is 8. The van der Waals surface area contributed by atoms with Crippen molar-refractivity contribution < 1.29 is 14.7 Å². The van der Waals surface area contributed by atoms with Crippen molar-refractivity contribution in [1.29, 1.82) is 0 Å². The zero-order chi connectivity index (χ0) is 39.6. The molecule has 0 aromatic heterocycles. The third kappa shape index (κ3) is 34.3. The number of imide groups is 1. The van der Waals surface area contributed by atoms with Gasteiger partial charge in [-0.25, -0.2) is 4.79 Å². The summed E-state index contributed by atoms with van der Waals surface area (Å²) in [7, 11) is 2.00. The second-order valence-corrected chi connectivity index (χ2v) is 15.5. The fourth-order valence-corrected chi connectivity index (χ4v) is 6.85. The second-order valence-electron chi connectivity index (χ2n) is 15.5. The van der Waals surface area contributed by atoms with Gasteiger partial charge >= 0.3 is 6.03 Å². The van der Waals surface area contributed by atoms with Gasteiger partial charge in [-0.2, -0.15) is 0 Å². The summed E-state index contributed by atoms with van der Waals surface area (Å²) >= 11 is 0. The Morgan fingerprint density at radius 2 is 0.963 bits per heavy atom. The maximum atomic E-state index is 13.8. The summed E-state index contributed by atoms with van der Waals surface area (Å²) in [5.74, 6) is -0.0534. The number of urea groups is 1. The van der Waals surface area contributed by atoms with Gasteiger partial charge in [-0.1, -0.05) is 152 Å². The zero-order valence-electron chi connectivity index (χ0n) is 36.2. The molecular weight excluding hydrogens is 667 g/mol. The lowest BCUT2D eigenvalue weighted by Gasteiger charge is -2.25. The molecule has 0 aliphatic rings. The molecule has 0 aromatic rings. The van der Waals surface area contributed by atoms with E-state index in [1.807, 2.05) is 14.0 Å². The first-order chi connectivity index (χ1) is 26.5. The minimum absolute atomic E-state index is 0.0165. The first kappa shape index (κ1) is 51.8. The van der Waals surface area contributed by atoms with Crippen molar-refractivity contribution in [3.8, 4) is 0 Å². The lowest BCUT2D eigenvalue weighted by molar-refractivity contribution is -0.132. The molecule has 0 saturated carbocycles. The topological polar surface area (TPSA) is 72.9 Å². The van der Waals surface area contributed by atoms with Gasteiger partial charge in [0.1, 0.15) is 0 Å². The molecule has 0 saturated heterocycles. The van der Waals surface area contributed by atoms with Crippen LogP contribution in [-0.2, 0) is 4.79 Å². The van der Waals surface area contributed by atoms with E-state index in [2.05, 4.69) is 72.7 Å². The van der Waals surface area contributed by atoms with Crippen molar-refractivity contribution in [2.24, 2.45) is 5.92 Å². The van der Waals surface area contributed by atoms with Crippen LogP contribution in [0.5, 0.6) is 0 Å². The molecule has 0 fully saturated rings. The smallest absolute Gasteiger partial charge is 0.324 e. The maximum absolute atomic E-state index is 13.8. The van der Waals surface area contributed by atoms with Crippen molar-refractivity contribution in [2.45, 2.75) is 201 Å². The minimum Gasteiger partial charge on any atom is -0.395 e. The number of carbonyl (C=O) groups is 2. The quantitative estimate of drug-likeness (QED) is 0.0484. The average molecular weight is 756 g/mol. The van der Waals surface area contributed by atoms with Crippen molar-refractivity contribution in [3.05, 3.63) is 48.6 Å². The molecule has 0 unspecified atom stereocenters. The Balaban J connectivity index is 4.58. The Bertz CT molecular complexity index is 895. The summed E-state index contributed by atoms with van der Waals surface area (Å²) in [6.45, 7) is 9.11. The van der Waals surface area contributed by atoms with E-state index in [-0.39, 0.29) is 24.5 Å². The lowest BCUT2D eigenvalue weighted by Crippen LogP contribution is -2.46. The largest absolute Gasteiger partial charge is 0.395 e. The number of aliphatic hydroxyl groups excluding tert-OH is 1. The Morgan fingerprint density at radius 3 is 1.39 bits per heavy atom. The van der Waals surface area contributed by atoms with Gasteiger partial charge in [0.25, 0.3) is 0 Å². The van der Waals surface area contributed by atoms with Crippen molar-refractivity contribution in [2.75, 3.05) is 39.8 Å². The number of aliphatic hydroxyl groups is 1. The Labute approximate surface area is 335 Å². The lowest BCUT2D eigenvalue weighted by atomic mass is 9.92. The number of rotatable bonds is 39. The highest BCUT2D eigenvalue weighted by atomic mass is 16.3. The van der Waals surface area contributed by atoms with E-state index in [1.54, 1.807) is 0 Å². The molecule has 0 heterocycles. The molecule has 0 aliphatic carbocycles. The maximum Gasteiger partial charge on any atom is 0.324 e. The van der Waals surface area contributed by atoms with Crippen LogP contribution in [0.2, 0.25) is 0 Å². The SMILES string of the molecule is CCCCC/C=C\C/C=C\CCCCCCCCC(CCCCCCCC/C=C\C/C=C\CCCCC)C(=O)N(CC)C(=O)NCCCCN(C)CCO. The van der Waals surface area contributed by atoms with Gasteiger partial charge < -0.3 is 15.3 Å². The van der Waals surface area contributed by atoms with Crippen LogP contribution in [0.3, 0.4) is 0 Å². The minimum atomic E-state index is -0.245. The number of nitrogens with zero attached hydrogens (tertiary/aromatic N) is 2. The molecule has 6 nitrogen and oxygen atoms in total. The van der Waals surface area contributed by atoms with Crippen LogP contribution < -0.4 is 5.32 Å². The summed E-state index contributed by atoms with van der Waals surface area (Å²) in [6.07, 6.45) is 51.3. The van der Waals surface area contributed by atoms with E-state index in [0.717, 1.165) is 70.8 Å². The molecule has 0 aromatic carbocycles. The third-order valence-corrected chi connectivity index (χ3v) is 10.4. The third-order valence-electron chi connectivity index (χ3n) is 10.4. The molecule has 0 bridgehead atoms. The molecule has 3 amide bonds. The van der Waals surface area contributed by atoms with Crippen LogP contribution in [0.4, 0.5) is 4.79 Å². The van der Waals surface area contributed by atoms with Gasteiger partial charge in [0.2, 0.25) is 5.91 Å². The molecule has 0 rings (SSSR count). The highest BCUT2D eigenvalue weighted by molar-refractivity contribution is 5.95. The highest BCUT2D eigenvalue weighted by Gasteiger charge is 2.27. The Hall–Kier alpha value is -2.18. The fourth-order valence-electron chi connectivity index (χ4n) is 6.85. The van der Waals surface area contributed by atoms with Crippen molar-refractivity contribution >= 4 is 11.9 Å². The zero-order valence-corrected chi connectivity index (χ0v) is 36.2. The Kier molecular flexibility index (Phi) is 40.3. The van der Waals surface area contributed by atoms with Gasteiger partial charge in [-0.15, -0.1) is 0 Å². The number of nitrogens with one attached hydrogen (secondary N) is 1. The molecule has 54 heavy (non-hydrogen) atoms. The molecule has 0 radical (unpaired) electrons. The van der Waals surface area contributed by atoms with Gasteiger partial charge in [0.05, 0.1) is 6.61 Å². The number of hydrogen-bond acceptors (Lipinski definition) is 4. The average Bonchev–Trinajstić information content (AvgIpc) is 3.16. The van der Waals surface area contributed by atoms with Gasteiger partial charge in [0, 0.05) is 25.6 Å². The standard InChI is InChI=1S/C48H89N3O3/c1-5-8-10-12-14-16-18-20-22-24-26-28-30-32-34-36-40-46(47(53)51(7-3)48(54)49-42-38-39-43-50(4)44-45-52)41-37-35-33-31-29-27-25-23-21-19-17-15-13-11-9-6-2/h14-17,20-23,46,52H,5-13,18-19,24-45H2,1-4H3,(H,49,54)/b16-14-,17-15-,22-20-,23-21-. The van der Waals surface area contributed by atoms with Crippen LogP contribution in [0.1, 0.15) is 201 Å². The highest BCUT2D eigenvalue weighted by Crippen LogP contribution is 2.22. The normalized spacial score (nSPS) is 12.2. The first-order valence-electron chi connectivity index (χ1n) is 23.0. The van der Waals surface area contributed by atoms with Crippen LogP contribution in [0.15, 0.2) is 48.6 Å². The number of hydrogen-bond donors (Lipinski definition) is 2. The summed E-state index contributed by atoms with van der Waals surface area (Å²) in [5, 5.41) is 12.1. The molecule has 6 heteroatoms. The number of amides is 3. The van der Waals surface area contributed by atoms with E-state index < -0.39 is 0 Å². The van der Waals surface area contributed by atoms with Gasteiger partial charge in [0.15, 0.2) is 0 Å². The van der Waals surface area contributed by atoms with Crippen molar-refractivity contribution in [3.63, 3.8) is 0 Å². The van der Waals surface area contributed by atoms with Crippen LogP contribution in [-0.4, -0.2) is 66.7 Å². The summed E-state index contributed by atoms with van der Waals surface area (Å²) in [6, 6.07) is -0.245. The first-order valence-corrected chi connectivity index (χ1v) is 23.0. The summed E-state index contributed by atoms with van der Waals surface area (Å²) in [5.41, 5.74) is 0. The van der Waals surface area contributed by atoms with E-state index in [9.17, 15) is 9.59 Å². The molecule has 314 valence electrons. The van der Waals surface area contributed by atoms with Crippen LogP contribution in [0.25, 0.3) is 0 Å². The molecule has 0 aliphatic heterocycles. The molecule has 0 spiro atoms. The molecule has 0 atom stereocenters. The van der Waals surface area contributed by atoms with E-state index in [1.165, 1.54) is 120 Å². The number of carbonyl (C=O) groups excluding carboxylic acids is 2. The number of unbranched alkanes of at least 4 members (excludes halogenated alkanes) is 19. The predicted molar refractivity (Wildman–Crippen MR) is 236 cm³/mol. The van der Waals surface area contributed by atoms with Gasteiger partial charge in [-0.05, 0) is 110 Å². The number of likely N-dealkylation sites (N-methyl/N-ethyl adjacent to an activating group) is 1. The van der Waals surface area contributed by atoms with E-state index in [4.69, 9.17) is 5.11 Å². The molecule has 2 N–H and O–H groups in total. The van der Waals surface area contributed by atoms with Gasteiger partial charge in [-0.3, -0.25) is 9.69 Å². The van der Waals surface area contributed by atoms with Crippen molar-refractivity contribution in [1.82, 2.24) is 15.1 Å². The second kappa shape index (κ2) is 42.0. The molecular formula is C48H89N3O3. The summed E-state index contributed by atoms with van der Waals surface area (Å²) < 4.78 is 0. The summed E-state index contributed by atoms with van der Waals surface area (Å²) in [4.78, 5) is 30.4. The predicted octanol–water partition coefficient (Wildman–Crippen LogP) is 13.3. The monoisotopic (exact) mass is 756 g/mol.